The molecule has 5 nitrogen and oxygen atoms in total. The fourth-order valence-electron chi connectivity index (χ4n) is 3.75. The van der Waals surface area contributed by atoms with E-state index in [1.165, 1.54) is 0 Å². The van der Waals surface area contributed by atoms with E-state index in [1.807, 2.05) is 12.1 Å². The predicted molar refractivity (Wildman–Crippen MR) is 99.2 cm³/mol. The first-order valence-corrected chi connectivity index (χ1v) is 9.01. The molecule has 150 valence electrons. The number of benzene rings is 1. The third-order valence-electron chi connectivity index (χ3n) is 5.15. The van der Waals surface area contributed by atoms with Gasteiger partial charge in [0, 0.05) is 18.1 Å². The highest BCUT2D eigenvalue weighted by Gasteiger charge is 2.35. The van der Waals surface area contributed by atoms with Gasteiger partial charge in [0.2, 0.25) is 5.95 Å². The lowest BCUT2D eigenvalue weighted by Gasteiger charge is -2.35. The monoisotopic (exact) mass is 393 g/mol. The van der Waals surface area contributed by atoms with E-state index < -0.39 is 18.7 Å². The van der Waals surface area contributed by atoms with Crippen LogP contribution in [0.4, 0.5) is 24.8 Å². The van der Waals surface area contributed by atoms with E-state index in [0.717, 1.165) is 47.7 Å². The van der Waals surface area contributed by atoms with Crippen molar-refractivity contribution in [3.05, 3.63) is 46.8 Å². The topological polar surface area (TPSA) is 66.3 Å². The second kappa shape index (κ2) is 7.07. The lowest BCUT2D eigenvalue weighted by atomic mass is 9.72. The maximum atomic E-state index is 13.3. The summed E-state index contributed by atoms with van der Waals surface area (Å²) in [4.78, 5) is 19.8. The summed E-state index contributed by atoms with van der Waals surface area (Å²) in [7, 11) is 0. The Labute approximate surface area is 161 Å². The second-order valence-electron chi connectivity index (χ2n) is 7.81. The Morgan fingerprint density at radius 3 is 2.46 bits per heavy atom. The number of aromatic carboxylic acids is 1. The van der Waals surface area contributed by atoms with Crippen LogP contribution in [-0.4, -0.2) is 33.8 Å². The maximum absolute atomic E-state index is 13.3. The fraction of sp³-hybridized carbons (Fsp3) is 0.450. The first-order valence-electron chi connectivity index (χ1n) is 9.01. The van der Waals surface area contributed by atoms with Crippen LogP contribution in [0.5, 0.6) is 0 Å². The molecule has 0 amide bonds. The molecule has 0 saturated carbocycles. The summed E-state index contributed by atoms with van der Waals surface area (Å²) >= 11 is 0. The molecule has 0 fully saturated rings. The SMILES string of the molecule is Cc1cc2c(cc1N(CC(F)(F)F)c1ncc(C(=O)O)cn1)C(C)(C)CCC2. The Morgan fingerprint density at radius 1 is 1.25 bits per heavy atom. The number of halogens is 3. The number of carbonyl (C=O) groups is 1. The highest BCUT2D eigenvalue weighted by atomic mass is 19.4. The Morgan fingerprint density at radius 2 is 1.89 bits per heavy atom. The molecule has 0 bridgehead atoms. The molecule has 1 heterocycles. The smallest absolute Gasteiger partial charge is 0.406 e. The van der Waals surface area contributed by atoms with Crippen molar-refractivity contribution in [2.45, 2.75) is 51.6 Å². The minimum absolute atomic E-state index is 0.131. The van der Waals surface area contributed by atoms with E-state index >= 15 is 0 Å². The summed E-state index contributed by atoms with van der Waals surface area (Å²) in [6.45, 7) is 4.69. The van der Waals surface area contributed by atoms with Gasteiger partial charge in [-0.3, -0.25) is 0 Å². The van der Waals surface area contributed by atoms with Crippen LogP contribution in [0, 0.1) is 6.92 Å². The number of rotatable bonds is 4. The number of carboxylic acid groups (broad SMARTS) is 1. The van der Waals surface area contributed by atoms with Gasteiger partial charge in [-0.1, -0.05) is 19.9 Å². The molecule has 1 aromatic heterocycles. The van der Waals surface area contributed by atoms with Crippen molar-refractivity contribution in [2.24, 2.45) is 0 Å². The number of fused-ring (bicyclic) bond motifs is 1. The van der Waals surface area contributed by atoms with Gasteiger partial charge in [-0.05, 0) is 54.4 Å². The van der Waals surface area contributed by atoms with Crippen LogP contribution in [0.15, 0.2) is 24.5 Å². The quantitative estimate of drug-likeness (QED) is 0.808. The lowest BCUT2D eigenvalue weighted by Crippen LogP contribution is -2.33. The highest BCUT2D eigenvalue weighted by Crippen LogP contribution is 2.41. The van der Waals surface area contributed by atoms with E-state index in [1.54, 1.807) is 6.92 Å². The zero-order valence-electron chi connectivity index (χ0n) is 16.0. The molecular weight excluding hydrogens is 371 g/mol. The summed E-state index contributed by atoms with van der Waals surface area (Å²) in [6, 6.07) is 3.75. The normalized spacial score (nSPS) is 15.8. The minimum atomic E-state index is -4.48. The van der Waals surface area contributed by atoms with Crippen LogP contribution in [0.25, 0.3) is 0 Å². The fourth-order valence-corrected chi connectivity index (χ4v) is 3.75. The number of aryl methyl sites for hydroxylation is 2. The molecule has 0 aliphatic heterocycles. The van der Waals surface area contributed by atoms with E-state index in [2.05, 4.69) is 23.8 Å². The van der Waals surface area contributed by atoms with Crippen molar-refractivity contribution in [1.82, 2.24) is 9.97 Å². The molecule has 0 atom stereocenters. The third-order valence-corrected chi connectivity index (χ3v) is 5.15. The number of hydrogen-bond acceptors (Lipinski definition) is 4. The molecule has 1 aliphatic rings. The molecule has 0 unspecified atom stereocenters. The molecule has 0 saturated heterocycles. The maximum Gasteiger partial charge on any atom is 0.406 e. The average molecular weight is 393 g/mol. The first-order chi connectivity index (χ1) is 13.0. The minimum Gasteiger partial charge on any atom is -0.478 e. The standard InChI is InChI=1S/C20H22F3N3O2/c1-12-7-13-5-4-6-19(2,3)15(13)8-16(12)26(11-20(21,22)23)18-24-9-14(10-25-18)17(27)28/h7-10H,4-6,11H2,1-3H3,(H,27,28). The number of hydrogen-bond donors (Lipinski definition) is 1. The van der Waals surface area contributed by atoms with Gasteiger partial charge in [-0.15, -0.1) is 0 Å². The van der Waals surface area contributed by atoms with Gasteiger partial charge in [-0.25, -0.2) is 14.8 Å². The summed E-state index contributed by atoms with van der Waals surface area (Å²) in [5.41, 5.74) is 2.97. The van der Waals surface area contributed by atoms with Crippen LogP contribution in [0.3, 0.4) is 0 Å². The number of aromatic nitrogens is 2. The molecule has 0 radical (unpaired) electrons. The Kier molecular flexibility index (Phi) is 5.08. The van der Waals surface area contributed by atoms with Gasteiger partial charge in [0.25, 0.3) is 0 Å². The van der Waals surface area contributed by atoms with Crippen LogP contribution in [0.1, 0.15) is 53.7 Å². The van der Waals surface area contributed by atoms with Gasteiger partial charge in [0.15, 0.2) is 0 Å². The van der Waals surface area contributed by atoms with Crippen molar-refractivity contribution in [1.29, 1.82) is 0 Å². The zero-order valence-corrected chi connectivity index (χ0v) is 16.0. The first kappa shape index (κ1) is 20.1. The van der Waals surface area contributed by atoms with Gasteiger partial charge in [0.1, 0.15) is 6.54 Å². The van der Waals surface area contributed by atoms with Crippen molar-refractivity contribution in [2.75, 3.05) is 11.4 Å². The van der Waals surface area contributed by atoms with Crippen molar-refractivity contribution in [3.63, 3.8) is 0 Å². The molecule has 2 aromatic rings. The second-order valence-corrected chi connectivity index (χ2v) is 7.81. The van der Waals surface area contributed by atoms with Crippen LogP contribution >= 0.6 is 0 Å². The molecule has 8 heteroatoms. The van der Waals surface area contributed by atoms with Gasteiger partial charge in [-0.2, -0.15) is 13.2 Å². The molecule has 28 heavy (non-hydrogen) atoms. The van der Waals surface area contributed by atoms with E-state index in [0.29, 0.717) is 11.3 Å². The number of anilines is 2. The number of nitrogens with zero attached hydrogens (tertiary/aromatic N) is 3. The van der Waals surface area contributed by atoms with Crippen LogP contribution in [0.2, 0.25) is 0 Å². The molecular formula is C20H22F3N3O2. The highest BCUT2D eigenvalue weighted by molar-refractivity contribution is 5.86. The Bertz CT molecular complexity index is 893. The largest absolute Gasteiger partial charge is 0.478 e. The summed E-state index contributed by atoms with van der Waals surface area (Å²) in [6.07, 6.45) is 0.476. The van der Waals surface area contributed by atoms with Gasteiger partial charge < -0.3 is 10.0 Å². The van der Waals surface area contributed by atoms with Gasteiger partial charge in [0.05, 0.1) is 5.56 Å². The predicted octanol–water partition coefficient (Wildman–Crippen LogP) is 4.80. The van der Waals surface area contributed by atoms with E-state index in [-0.39, 0.29) is 16.9 Å². The van der Waals surface area contributed by atoms with Crippen LogP contribution < -0.4 is 4.90 Å². The molecule has 1 aliphatic carbocycles. The molecule has 3 rings (SSSR count). The Hall–Kier alpha value is -2.64. The van der Waals surface area contributed by atoms with Crippen molar-refractivity contribution < 1.29 is 23.1 Å². The van der Waals surface area contributed by atoms with Gasteiger partial charge >= 0.3 is 12.1 Å². The van der Waals surface area contributed by atoms with Crippen molar-refractivity contribution in [3.8, 4) is 0 Å². The van der Waals surface area contributed by atoms with E-state index in [9.17, 15) is 18.0 Å². The summed E-state index contributed by atoms with van der Waals surface area (Å²) in [5, 5.41) is 8.98. The average Bonchev–Trinajstić information content (AvgIpc) is 2.58. The van der Waals surface area contributed by atoms with E-state index in [4.69, 9.17) is 5.11 Å². The number of alkyl halides is 3. The summed E-state index contributed by atoms with van der Waals surface area (Å²) in [5.74, 6) is -1.42. The Balaban J connectivity index is 2.12. The zero-order chi connectivity index (χ0) is 20.7. The summed E-state index contributed by atoms with van der Waals surface area (Å²) < 4.78 is 39.9. The molecule has 1 aromatic carbocycles. The van der Waals surface area contributed by atoms with Crippen molar-refractivity contribution >= 4 is 17.6 Å². The number of carboxylic acids is 1. The molecule has 1 N–H and O–H groups in total. The van der Waals surface area contributed by atoms with Crippen LogP contribution in [-0.2, 0) is 11.8 Å². The lowest BCUT2D eigenvalue weighted by molar-refractivity contribution is -0.118. The molecule has 0 spiro atoms. The third kappa shape index (κ3) is 4.10.